The van der Waals surface area contributed by atoms with E-state index in [0.717, 1.165) is 84.6 Å². The number of rotatable bonds is 11. The molecule has 1 aromatic heterocycles. The van der Waals surface area contributed by atoms with Crippen molar-refractivity contribution in [1.82, 2.24) is 19.8 Å². The van der Waals surface area contributed by atoms with Gasteiger partial charge in [-0.15, -0.1) is 0 Å². The highest BCUT2D eigenvalue weighted by atomic mass is 16.5. The van der Waals surface area contributed by atoms with Crippen LogP contribution >= 0.6 is 0 Å². The smallest absolute Gasteiger partial charge is 0.144 e. The van der Waals surface area contributed by atoms with Crippen LogP contribution in [0.25, 0.3) is 11.3 Å². The highest BCUT2D eigenvalue weighted by molar-refractivity contribution is 5.88. The Morgan fingerprint density at radius 3 is 2.45 bits per heavy atom. The van der Waals surface area contributed by atoms with E-state index < -0.39 is 0 Å². The molecule has 1 fully saturated rings. The molecule has 0 saturated carbocycles. The van der Waals surface area contributed by atoms with Crippen molar-refractivity contribution in [3.8, 4) is 17.0 Å². The van der Waals surface area contributed by atoms with Crippen molar-refractivity contribution in [3.05, 3.63) is 48.3 Å². The summed E-state index contributed by atoms with van der Waals surface area (Å²) >= 11 is 0. The third-order valence-corrected chi connectivity index (χ3v) is 7.05. The van der Waals surface area contributed by atoms with Gasteiger partial charge in [0.15, 0.2) is 0 Å². The lowest BCUT2D eigenvalue weighted by Gasteiger charge is -2.34. The number of ether oxygens (including phenoxy) is 1. The lowest BCUT2D eigenvalue weighted by molar-refractivity contribution is 0.157. The molecule has 0 atom stereocenters. The van der Waals surface area contributed by atoms with Crippen molar-refractivity contribution >= 4 is 34.8 Å². The molecule has 38 heavy (non-hydrogen) atoms. The van der Waals surface area contributed by atoms with E-state index in [-0.39, 0.29) is 0 Å². The predicted octanol–water partition coefficient (Wildman–Crippen LogP) is 3.66. The molecule has 2 aromatic carbocycles. The number of aromatic nitrogens is 2. The summed E-state index contributed by atoms with van der Waals surface area (Å²) in [6, 6.07) is 11.9. The van der Waals surface area contributed by atoms with Crippen molar-refractivity contribution in [3.63, 3.8) is 0 Å². The summed E-state index contributed by atoms with van der Waals surface area (Å²) in [4.78, 5) is 16.1. The molecule has 2 heterocycles. The number of nitrogens with one attached hydrogen (secondary N) is 4. The van der Waals surface area contributed by atoms with Crippen molar-refractivity contribution in [2.24, 2.45) is 0 Å². The molecule has 1 aliphatic heterocycles. The molecule has 1 aliphatic rings. The normalized spacial score (nSPS) is 14.1. The highest BCUT2D eigenvalue weighted by Crippen LogP contribution is 2.38. The molecule has 10 nitrogen and oxygen atoms in total. The van der Waals surface area contributed by atoms with E-state index in [9.17, 15) is 0 Å². The van der Waals surface area contributed by atoms with E-state index in [2.05, 4.69) is 66.8 Å². The van der Waals surface area contributed by atoms with Gasteiger partial charge >= 0.3 is 0 Å². The van der Waals surface area contributed by atoms with Gasteiger partial charge in [0.05, 0.1) is 29.9 Å². The van der Waals surface area contributed by atoms with Crippen molar-refractivity contribution in [2.45, 2.75) is 0 Å². The van der Waals surface area contributed by atoms with E-state index in [4.69, 9.17) is 10.1 Å². The van der Waals surface area contributed by atoms with Crippen LogP contribution in [0.5, 0.6) is 5.75 Å². The minimum atomic E-state index is 0.661. The Bertz CT molecular complexity index is 1240. The van der Waals surface area contributed by atoms with Gasteiger partial charge in [0.2, 0.25) is 0 Å². The van der Waals surface area contributed by atoms with Gasteiger partial charge in [0, 0.05) is 95.6 Å². The van der Waals surface area contributed by atoms with Gasteiger partial charge in [0.1, 0.15) is 17.9 Å². The van der Waals surface area contributed by atoms with Gasteiger partial charge in [-0.1, -0.05) is 12.1 Å². The van der Waals surface area contributed by atoms with Gasteiger partial charge in [-0.05, 0) is 19.2 Å². The first-order chi connectivity index (χ1) is 18.4. The predicted molar refractivity (Wildman–Crippen MR) is 158 cm³/mol. The standard InChI is InChI=1S/C28H39N9O/c1-30-22-14-20(6-7-21(22)18-29)23-16-28(33-19-32-23)34-25-15-24(31-2)26(17-27(25)38-5)36(4)10-13-37-11-8-35(3)9-12-37/h6-7,14-19,29-31H,8-13H2,1-5H3,(H,32,33,34). The van der Waals surface area contributed by atoms with Crippen LogP contribution in [-0.4, -0.2) is 101 Å². The Balaban J connectivity index is 1.53. The Labute approximate surface area is 225 Å². The zero-order valence-corrected chi connectivity index (χ0v) is 23.0. The number of hydrogen-bond acceptors (Lipinski definition) is 10. The van der Waals surface area contributed by atoms with Gasteiger partial charge in [-0.2, -0.15) is 0 Å². The number of benzene rings is 2. The molecule has 0 aliphatic carbocycles. The fraction of sp³-hybridized carbons (Fsp3) is 0.393. The third-order valence-electron chi connectivity index (χ3n) is 7.05. The maximum absolute atomic E-state index is 7.59. The first-order valence-electron chi connectivity index (χ1n) is 12.9. The number of anilines is 5. The van der Waals surface area contributed by atoms with Crippen LogP contribution in [0.2, 0.25) is 0 Å². The first kappa shape index (κ1) is 27.2. The second-order valence-corrected chi connectivity index (χ2v) is 9.50. The van der Waals surface area contributed by atoms with Gasteiger partial charge in [-0.25, -0.2) is 9.97 Å². The van der Waals surface area contributed by atoms with E-state index in [1.165, 1.54) is 6.21 Å². The largest absolute Gasteiger partial charge is 0.494 e. The maximum atomic E-state index is 7.59. The highest BCUT2D eigenvalue weighted by Gasteiger charge is 2.17. The Hall–Kier alpha value is -3.89. The first-order valence-corrected chi connectivity index (χ1v) is 12.9. The van der Waals surface area contributed by atoms with E-state index in [1.807, 2.05) is 38.4 Å². The molecule has 3 aromatic rings. The summed E-state index contributed by atoms with van der Waals surface area (Å²) in [6.45, 7) is 6.41. The molecule has 4 N–H and O–H groups in total. The van der Waals surface area contributed by atoms with Gasteiger partial charge in [-0.3, -0.25) is 4.90 Å². The van der Waals surface area contributed by atoms with E-state index in [0.29, 0.717) is 5.82 Å². The summed E-state index contributed by atoms with van der Waals surface area (Å²) in [5.41, 5.74) is 6.31. The fourth-order valence-corrected chi connectivity index (χ4v) is 4.61. The Morgan fingerprint density at radius 2 is 1.76 bits per heavy atom. The number of hydrogen-bond donors (Lipinski definition) is 4. The summed E-state index contributed by atoms with van der Waals surface area (Å²) in [5, 5.41) is 17.5. The molecule has 0 unspecified atom stereocenters. The quantitative estimate of drug-likeness (QED) is 0.284. The third kappa shape index (κ3) is 6.32. The van der Waals surface area contributed by atoms with Crippen LogP contribution < -0.4 is 25.6 Å². The number of nitrogens with zero attached hydrogens (tertiary/aromatic N) is 5. The number of piperazine rings is 1. The molecule has 1 saturated heterocycles. The van der Waals surface area contributed by atoms with Crippen molar-refractivity contribution < 1.29 is 4.74 Å². The SMILES string of the molecule is CNc1cc(-c2cc(Nc3cc(NC)c(N(C)CCN4CCN(C)CC4)cc3OC)ncn2)ccc1C=N. The summed E-state index contributed by atoms with van der Waals surface area (Å²) in [5.74, 6) is 1.40. The van der Waals surface area contributed by atoms with E-state index >= 15 is 0 Å². The summed E-state index contributed by atoms with van der Waals surface area (Å²) in [7, 11) is 9.77. The molecule has 0 radical (unpaired) electrons. The zero-order valence-electron chi connectivity index (χ0n) is 23.0. The zero-order chi connectivity index (χ0) is 27.1. The molecular weight excluding hydrogens is 478 g/mol. The average molecular weight is 518 g/mol. The lowest BCUT2D eigenvalue weighted by Crippen LogP contribution is -2.46. The van der Waals surface area contributed by atoms with Crippen LogP contribution in [0.3, 0.4) is 0 Å². The molecule has 202 valence electrons. The molecule has 0 spiro atoms. The number of methoxy groups -OCH3 is 1. The molecular formula is C28H39N9O. The van der Waals surface area contributed by atoms with Crippen LogP contribution in [0.1, 0.15) is 5.56 Å². The topological polar surface area (TPSA) is 105 Å². The second kappa shape index (κ2) is 12.6. The second-order valence-electron chi connectivity index (χ2n) is 9.50. The minimum Gasteiger partial charge on any atom is -0.494 e. The number of likely N-dealkylation sites (N-methyl/N-ethyl adjacent to an activating group) is 2. The monoisotopic (exact) mass is 517 g/mol. The minimum absolute atomic E-state index is 0.661. The Morgan fingerprint density at radius 1 is 1.00 bits per heavy atom. The van der Waals surface area contributed by atoms with Crippen LogP contribution in [-0.2, 0) is 0 Å². The van der Waals surface area contributed by atoms with Crippen LogP contribution in [0.4, 0.5) is 28.6 Å². The molecule has 10 heteroatoms. The Kier molecular flexibility index (Phi) is 8.98. The molecule has 4 rings (SSSR count). The fourth-order valence-electron chi connectivity index (χ4n) is 4.61. The average Bonchev–Trinajstić information content (AvgIpc) is 2.96. The lowest BCUT2D eigenvalue weighted by atomic mass is 10.1. The van der Waals surface area contributed by atoms with E-state index in [1.54, 1.807) is 13.4 Å². The summed E-state index contributed by atoms with van der Waals surface area (Å²) in [6.07, 6.45) is 2.88. The maximum Gasteiger partial charge on any atom is 0.144 e. The van der Waals surface area contributed by atoms with Crippen molar-refractivity contribution in [2.75, 3.05) is 95.4 Å². The molecule has 0 bridgehead atoms. The molecule has 0 amide bonds. The van der Waals surface area contributed by atoms with Crippen LogP contribution in [0, 0.1) is 5.41 Å². The summed E-state index contributed by atoms with van der Waals surface area (Å²) < 4.78 is 5.78. The van der Waals surface area contributed by atoms with Gasteiger partial charge in [0.25, 0.3) is 0 Å². The van der Waals surface area contributed by atoms with Crippen molar-refractivity contribution in [1.29, 1.82) is 5.41 Å². The van der Waals surface area contributed by atoms with Gasteiger partial charge < -0.3 is 35.9 Å². The van der Waals surface area contributed by atoms with Crippen LogP contribution in [0.15, 0.2) is 42.7 Å².